The van der Waals surface area contributed by atoms with Gasteiger partial charge in [0.1, 0.15) is 0 Å². The van der Waals surface area contributed by atoms with E-state index in [1.165, 1.54) is 0 Å². The average molecular weight is 417 g/mol. The molecule has 0 bridgehead atoms. The maximum absolute atomic E-state index is 11.9. The van der Waals surface area contributed by atoms with Crippen molar-refractivity contribution in [2.45, 2.75) is 68.7 Å². The predicted octanol–water partition coefficient (Wildman–Crippen LogP) is 1.43. The number of fused-ring (bicyclic) bond motifs is 1. The van der Waals surface area contributed by atoms with Crippen LogP contribution < -0.4 is 21.3 Å². The number of thioether (sulfide) groups is 1. The molecule has 2 saturated heterocycles. The average Bonchev–Trinajstić information content (AvgIpc) is 3.20. The summed E-state index contributed by atoms with van der Waals surface area (Å²) in [7, 11) is 0. The summed E-state index contributed by atoms with van der Waals surface area (Å²) in [4.78, 5) is 34.2. The van der Waals surface area contributed by atoms with Crippen molar-refractivity contribution in [1.82, 2.24) is 21.3 Å². The van der Waals surface area contributed by atoms with Crippen LogP contribution in [0.2, 0.25) is 0 Å². The largest absolute Gasteiger partial charge is 0.356 e. The Kier molecular flexibility index (Phi) is 10.2. The molecule has 0 saturated carbocycles. The molecule has 2 rings (SSSR count). The van der Waals surface area contributed by atoms with Crippen molar-refractivity contribution in [2.75, 3.05) is 24.6 Å². The highest BCUT2D eigenvalue weighted by Crippen LogP contribution is 2.33. The van der Waals surface area contributed by atoms with Gasteiger partial charge in [0.2, 0.25) is 11.8 Å². The van der Waals surface area contributed by atoms with Crippen molar-refractivity contribution < 1.29 is 14.4 Å². The van der Waals surface area contributed by atoms with Crippen molar-refractivity contribution >= 4 is 42.2 Å². The van der Waals surface area contributed by atoms with Gasteiger partial charge in [0.05, 0.1) is 17.8 Å². The number of amides is 4. The molecule has 1 unspecified atom stereocenters. The highest BCUT2D eigenvalue weighted by Gasteiger charge is 2.42. The first-order chi connectivity index (χ1) is 13.1. The Balaban J connectivity index is 1.39. The van der Waals surface area contributed by atoms with Gasteiger partial charge in [-0.3, -0.25) is 9.59 Å². The molecule has 0 aromatic heterocycles. The summed E-state index contributed by atoms with van der Waals surface area (Å²) in [5.74, 6) is 1.32. The van der Waals surface area contributed by atoms with Gasteiger partial charge < -0.3 is 21.3 Å². The molecule has 0 spiro atoms. The normalized spacial score (nSPS) is 23.4. The topological polar surface area (TPSA) is 99.3 Å². The second kappa shape index (κ2) is 12.4. The summed E-state index contributed by atoms with van der Waals surface area (Å²) in [6.45, 7) is 1.42. The van der Waals surface area contributed by atoms with Crippen LogP contribution in [-0.4, -0.2) is 59.8 Å². The molecule has 154 valence electrons. The Morgan fingerprint density at radius 1 is 1.00 bits per heavy atom. The number of carbonyl (C=O) groups is 3. The molecule has 9 heteroatoms. The molecule has 2 heterocycles. The first kappa shape index (κ1) is 22.2. The fourth-order valence-electron chi connectivity index (χ4n) is 3.48. The lowest BCUT2D eigenvalue weighted by molar-refractivity contribution is -0.121. The van der Waals surface area contributed by atoms with E-state index >= 15 is 0 Å². The molecule has 0 radical (unpaired) electrons. The fraction of sp³-hybridized carbons (Fsp3) is 0.833. The molecular weight excluding hydrogens is 384 g/mol. The quantitative estimate of drug-likeness (QED) is 0.178. The molecule has 2 aliphatic rings. The van der Waals surface area contributed by atoms with Crippen molar-refractivity contribution in [1.29, 1.82) is 0 Å². The van der Waals surface area contributed by atoms with Crippen LogP contribution in [0.25, 0.3) is 0 Å². The van der Waals surface area contributed by atoms with E-state index in [0.29, 0.717) is 18.2 Å². The summed E-state index contributed by atoms with van der Waals surface area (Å²) < 4.78 is 0. The molecule has 2 aliphatic heterocycles. The molecule has 2 fully saturated rings. The Morgan fingerprint density at radius 2 is 1.70 bits per heavy atom. The summed E-state index contributed by atoms with van der Waals surface area (Å²) in [5, 5.41) is 12.2. The number of hydrogen-bond acceptors (Lipinski definition) is 5. The van der Waals surface area contributed by atoms with Gasteiger partial charge in [-0.15, -0.1) is 0 Å². The van der Waals surface area contributed by atoms with Crippen LogP contribution in [-0.2, 0) is 9.59 Å². The maximum atomic E-state index is 11.9. The van der Waals surface area contributed by atoms with E-state index in [-0.39, 0.29) is 35.7 Å². The lowest BCUT2D eigenvalue weighted by atomic mass is 10.0. The Labute approximate surface area is 171 Å². The highest BCUT2D eigenvalue weighted by molar-refractivity contribution is 8.00. The van der Waals surface area contributed by atoms with E-state index in [1.807, 2.05) is 11.8 Å². The Hall–Kier alpha value is -1.09. The minimum atomic E-state index is -0.0444. The number of rotatable bonds is 13. The van der Waals surface area contributed by atoms with E-state index in [9.17, 15) is 14.4 Å². The maximum Gasteiger partial charge on any atom is 0.315 e. The van der Waals surface area contributed by atoms with Crippen LogP contribution in [0.5, 0.6) is 0 Å². The minimum absolute atomic E-state index is 0.0263. The van der Waals surface area contributed by atoms with E-state index in [1.54, 1.807) is 0 Å². The van der Waals surface area contributed by atoms with Gasteiger partial charge in [0, 0.05) is 30.5 Å². The number of thiol groups is 1. The van der Waals surface area contributed by atoms with Crippen molar-refractivity contribution in [3.8, 4) is 0 Å². The van der Waals surface area contributed by atoms with Gasteiger partial charge >= 0.3 is 6.03 Å². The second-order valence-corrected chi connectivity index (χ2v) is 8.73. The SMILES string of the molecule is O=C(CS)NCCCCCCNC(=O)CCCCC1SC[C@@H]2NC(=O)N[C@H]12. The standard InChI is InChI=1S/C18H32N4O3S2/c23-15(19-9-5-1-2-6-10-20-16(24)11-26)8-4-3-7-14-17-13(12-27-14)21-18(25)22-17/h13-14,17,26H,1-12H2,(H,19,23)(H,20,24)(H2,21,22,25)/t13-,14?,17-/m0/s1. The monoisotopic (exact) mass is 416 g/mol. The van der Waals surface area contributed by atoms with Crippen molar-refractivity contribution in [2.24, 2.45) is 0 Å². The second-order valence-electron chi connectivity index (χ2n) is 7.14. The molecule has 27 heavy (non-hydrogen) atoms. The van der Waals surface area contributed by atoms with Crippen molar-refractivity contribution in [3.05, 3.63) is 0 Å². The third-order valence-electron chi connectivity index (χ3n) is 4.97. The van der Waals surface area contributed by atoms with Gasteiger partial charge in [-0.1, -0.05) is 19.3 Å². The Morgan fingerprint density at radius 3 is 2.41 bits per heavy atom. The lowest BCUT2D eigenvalue weighted by Gasteiger charge is -2.16. The molecule has 7 nitrogen and oxygen atoms in total. The van der Waals surface area contributed by atoms with E-state index < -0.39 is 0 Å². The Bertz CT molecular complexity index is 507. The molecule has 0 aromatic carbocycles. The van der Waals surface area contributed by atoms with Crippen LogP contribution in [0.4, 0.5) is 4.79 Å². The summed E-state index contributed by atoms with van der Waals surface area (Å²) in [6, 6.07) is 0.481. The van der Waals surface area contributed by atoms with Crippen LogP contribution in [0.1, 0.15) is 51.4 Å². The van der Waals surface area contributed by atoms with E-state index in [4.69, 9.17) is 0 Å². The first-order valence-electron chi connectivity index (χ1n) is 9.93. The van der Waals surface area contributed by atoms with Crippen molar-refractivity contribution in [3.63, 3.8) is 0 Å². The van der Waals surface area contributed by atoms with Gasteiger partial charge in [0.25, 0.3) is 0 Å². The zero-order chi connectivity index (χ0) is 19.5. The molecule has 3 atom stereocenters. The minimum Gasteiger partial charge on any atom is -0.356 e. The highest BCUT2D eigenvalue weighted by atomic mass is 32.2. The number of unbranched alkanes of at least 4 members (excludes halogenated alkanes) is 4. The van der Waals surface area contributed by atoms with E-state index in [0.717, 1.165) is 57.2 Å². The molecule has 0 aromatic rings. The number of hydrogen-bond donors (Lipinski definition) is 5. The fourth-order valence-corrected chi connectivity index (χ4v) is 5.13. The smallest absolute Gasteiger partial charge is 0.315 e. The molecule has 4 amide bonds. The van der Waals surface area contributed by atoms with Gasteiger partial charge in [-0.2, -0.15) is 24.4 Å². The first-order valence-corrected chi connectivity index (χ1v) is 11.6. The number of carbonyl (C=O) groups excluding carboxylic acids is 3. The lowest BCUT2D eigenvalue weighted by Crippen LogP contribution is -2.36. The third kappa shape index (κ3) is 8.21. The third-order valence-corrected chi connectivity index (χ3v) is 6.77. The summed E-state index contributed by atoms with van der Waals surface area (Å²) in [6.07, 6.45) is 7.57. The summed E-state index contributed by atoms with van der Waals surface area (Å²) in [5.41, 5.74) is 0. The van der Waals surface area contributed by atoms with Crippen LogP contribution in [0.3, 0.4) is 0 Å². The van der Waals surface area contributed by atoms with Crippen LogP contribution in [0.15, 0.2) is 0 Å². The molecular formula is C18H32N4O3S2. The number of nitrogens with one attached hydrogen (secondary N) is 4. The zero-order valence-electron chi connectivity index (χ0n) is 15.8. The van der Waals surface area contributed by atoms with Gasteiger partial charge in [-0.25, -0.2) is 4.79 Å². The van der Waals surface area contributed by atoms with Crippen LogP contribution in [0, 0.1) is 0 Å². The zero-order valence-corrected chi connectivity index (χ0v) is 17.5. The predicted molar refractivity (Wildman–Crippen MR) is 112 cm³/mol. The number of urea groups is 1. The van der Waals surface area contributed by atoms with Gasteiger partial charge in [-0.05, 0) is 25.7 Å². The molecule has 0 aliphatic carbocycles. The van der Waals surface area contributed by atoms with Gasteiger partial charge in [0.15, 0.2) is 0 Å². The van der Waals surface area contributed by atoms with E-state index in [2.05, 4.69) is 33.9 Å². The summed E-state index contributed by atoms with van der Waals surface area (Å²) >= 11 is 5.82. The molecule has 4 N–H and O–H groups in total. The van der Waals surface area contributed by atoms with Crippen LogP contribution >= 0.6 is 24.4 Å².